The number of rotatable bonds is 1. The summed E-state index contributed by atoms with van der Waals surface area (Å²) in [5.41, 5.74) is 6.86. The monoisotopic (exact) mass is 315 g/mol. The predicted octanol–water partition coefficient (Wildman–Crippen LogP) is 2.47. The average molecular weight is 315 g/mol. The zero-order valence-corrected chi connectivity index (χ0v) is 9.77. The fourth-order valence-corrected chi connectivity index (χ4v) is 1.81. The molecule has 15 heavy (non-hydrogen) atoms. The highest BCUT2D eigenvalue weighted by Gasteiger charge is 2.06. The van der Waals surface area contributed by atoms with Gasteiger partial charge in [0.15, 0.2) is 0 Å². The first-order valence-corrected chi connectivity index (χ1v) is 5.27. The van der Waals surface area contributed by atoms with Crippen LogP contribution in [0.4, 0.5) is 10.2 Å². The van der Waals surface area contributed by atoms with E-state index in [1.165, 1.54) is 6.07 Å². The molecule has 0 atom stereocenters. The molecular formula is C10H7FIN3. The van der Waals surface area contributed by atoms with E-state index in [0.717, 1.165) is 9.77 Å². The number of nitrogens with two attached hydrogens (primary N) is 1. The maximum absolute atomic E-state index is 13.0. The van der Waals surface area contributed by atoms with Gasteiger partial charge in [-0.3, -0.25) is 4.98 Å². The molecule has 2 aromatic rings. The van der Waals surface area contributed by atoms with Crippen molar-refractivity contribution in [3.63, 3.8) is 0 Å². The van der Waals surface area contributed by atoms with Crippen LogP contribution in [0.25, 0.3) is 11.3 Å². The highest BCUT2D eigenvalue weighted by Crippen LogP contribution is 2.23. The third-order valence-electron chi connectivity index (χ3n) is 1.85. The van der Waals surface area contributed by atoms with Crippen LogP contribution in [0.15, 0.2) is 30.6 Å². The molecule has 0 aliphatic carbocycles. The molecule has 0 aliphatic rings. The Balaban J connectivity index is 2.58. The first kappa shape index (κ1) is 10.3. The van der Waals surface area contributed by atoms with Gasteiger partial charge in [0.1, 0.15) is 11.6 Å². The Hall–Kier alpha value is -1.24. The summed E-state index contributed by atoms with van der Waals surface area (Å²) >= 11 is 2.12. The van der Waals surface area contributed by atoms with Gasteiger partial charge in [-0.25, -0.2) is 9.37 Å². The van der Waals surface area contributed by atoms with E-state index in [1.54, 1.807) is 12.3 Å². The summed E-state index contributed by atoms with van der Waals surface area (Å²) in [4.78, 5) is 7.92. The third kappa shape index (κ3) is 2.23. The number of aromatic nitrogens is 2. The van der Waals surface area contributed by atoms with Crippen LogP contribution < -0.4 is 5.73 Å². The maximum atomic E-state index is 13.0. The topological polar surface area (TPSA) is 51.8 Å². The van der Waals surface area contributed by atoms with E-state index in [0.29, 0.717) is 17.1 Å². The lowest BCUT2D eigenvalue weighted by Crippen LogP contribution is -1.95. The highest BCUT2D eigenvalue weighted by molar-refractivity contribution is 14.1. The number of hydrogen-bond donors (Lipinski definition) is 1. The van der Waals surface area contributed by atoms with Gasteiger partial charge in [-0.2, -0.15) is 0 Å². The minimum Gasteiger partial charge on any atom is -0.384 e. The normalized spacial score (nSPS) is 10.3. The smallest absolute Gasteiger partial charge is 0.142 e. The van der Waals surface area contributed by atoms with Crippen LogP contribution >= 0.6 is 22.6 Å². The zero-order valence-electron chi connectivity index (χ0n) is 7.61. The van der Waals surface area contributed by atoms with Crippen LogP contribution in [0.5, 0.6) is 0 Å². The van der Waals surface area contributed by atoms with E-state index in [4.69, 9.17) is 5.73 Å². The quantitative estimate of drug-likeness (QED) is 0.823. The zero-order chi connectivity index (χ0) is 10.8. The molecule has 2 rings (SSSR count). The van der Waals surface area contributed by atoms with E-state index < -0.39 is 0 Å². The van der Waals surface area contributed by atoms with Crippen molar-refractivity contribution in [2.75, 3.05) is 5.73 Å². The molecule has 0 bridgehead atoms. The van der Waals surface area contributed by atoms with Crippen molar-refractivity contribution >= 4 is 28.4 Å². The molecule has 0 fully saturated rings. The van der Waals surface area contributed by atoms with Gasteiger partial charge in [0.25, 0.3) is 0 Å². The molecule has 0 spiro atoms. The molecule has 2 N–H and O–H groups in total. The van der Waals surface area contributed by atoms with E-state index in [-0.39, 0.29) is 5.82 Å². The number of pyridine rings is 2. The Morgan fingerprint density at radius 1 is 1.27 bits per heavy atom. The molecule has 0 amide bonds. The Bertz CT molecular complexity index is 502. The number of nitrogen functional groups attached to an aromatic ring is 1. The van der Waals surface area contributed by atoms with Gasteiger partial charge < -0.3 is 5.73 Å². The standard InChI is InChI=1S/C10H7FIN3/c11-7-3-6(4-14-5-7)10-8(12)1-2-9(13)15-10/h1-5H,(H2,13,15). The van der Waals surface area contributed by atoms with Crippen LogP contribution in [-0.4, -0.2) is 9.97 Å². The summed E-state index contributed by atoms with van der Waals surface area (Å²) in [5, 5.41) is 0. The summed E-state index contributed by atoms with van der Waals surface area (Å²) in [6, 6.07) is 4.93. The molecule has 2 aromatic heterocycles. The van der Waals surface area contributed by atoms with Crippen LogP contribution in [0.2, 0.25) is 0 Å². The first-order chi connectivity index (χ1) is 7.16. The first-order valence-electron chi connectivity index (χ1n) is 4.20. The van der Waals surface area contributed by atoms with E-state index in [2.05, 4.69) is 32.6 Å². The van der Waals surface area contributed by atoms with Crippen molar-refractivity contribution in [3.8, 4) is 11.3 Å². The average Bonchev–Trinajstić information content (AvgIpc) is 2.22. The largest absolute Gasteiger partial charge is 0.384 e. The Morgan fingerprint density at radius 2 is 2.07 bits per heavy atom. The second-order valence-corrected chi connectivity index (χ2v) is 4.12. The molecule has 76 valence electrons. The van der Waals surface area contributed by atoms with Crippen molar-refractivity contribution in [3.05, 3.63) is 40.0 Å². The number of nitrogens with zero attached hydrogens (tertiary/aromatic N) is 2. The summed E-state index contributed by atoms with van der Waals surface area (Å²) in [6.45, 7) is 0. The van der Waals surface area contributed by atoms with E-state index in [1.807, 2.05) is 6.07 Å². The minimum absolute atomic E-state index is 0.382. The lowest BCUT2D eigenvalue weighted by molar-refractivity contribution is 0.622. The van der Waals surface area contributed by atoms with E-state index in [9.17, 15) is 4.39 Å². The van der Waals surface area contributed by atoms with Crippen LogP contribution in [0.1, 0.15) is 0 Å². The summed E-state index contributed by atoms with van der Waals surface area (Å²) < 4.78 is 13.9. The number of halogens is 2. The van der Waals surface area contributed by atoms with Gasteiger partial charge in [0.05, 0.1) is 11.9 Å². The van der Waals surface area contributed by atoms with Crippen LogP contribution in [-0.2, 0) is 0 Å². The van der Waals surface area contributed by atoms with Crippen molar-refractivity contribution in [2.45, 2.75) is 0 Å². The van der Waals surface area contributed by atoms with Gasteiger partial charge in [0.2, 0.25) is 0 Å². The van der Waals surface area contributed by atoms with Crippen LogP contribution in [0.3, 0.4) is 0 Å². The third-order valence-corrected chi connectivity index (χ3v) is 2.72. The molecule has 0 saturated carbocycles. The summed E-state index contributed by atoms with van der Waals surface area (Å²) in [5.74, 6) is 0.0298. The molecule has 2 heterocycles. The molecule has 0 aromatic carbocycles. The van der Waals surface area contributed by atoms with Crippen molar-refractivity contribution in [1.82, 2.24) is 9.97 Å². The SMILES string of the molecule is Nc1ccc(I)c(-c2cncc(F)c2)n1. The van der Waals surface area contributed by atoms with Gasteiger partial charge in [-0.1, -0.05) is 0 Å². The van der Waals surface area contributed by atoms with Gasteiger partial charge in [-0.15, -0.1) is 0 Å². The Morgan fingerprint density at radius 3 is 2.80 bits per heavy atom. The molecule has 5 heteroatoms. The fourth-order valence-electron chi connectivity index (χ4n) is 1.20. The van der Waals surface area contributed by atoms with Crippen molar-refractivity contribution < 1.29 is 4.39 Å². The lowest BCUT2D eigenvalue weighted by Gasteiger charge is -2.04. The molecule has 3 nitrogen and oxygen atoms in total. The molecule has 0 saturated heterocycles. The summed E-state index contributed by atoms with van der Waals surface area (Å²) in [7, 11) is 0. The summed E-state index contributed by atoms with van der Waals surface area (Å²) in [6.07, 6.45) is 2.72. The Labute approximate surface area is 99.7 Å². The lowest BCUT2D eigenvalue weighted by atomic mass is 10.2. The van der Waals surface area contributed by atoms with E-state index >= 15 is 0 Å². The number of anilines is 1. The van der Waals surface area contributed by atoms with Gasteiger partial charge in [0, 0.05) is 15.3 Å². The molecular weight excluding hydrogens is 308 g/mol. The Kier molecular flexibility index (Phi) is 2.81. The van der Waals surface area contributed by atoms with Crippen molar-refractivity contribution in [2.24, 2.45) is 0 Å². The number of hydrogen-bond acceptors (Lipinski definition) is 3. The van der Waals surface area contributed by atoms with Gasteiger partial charge >= 0.3 is 0 Å². The predicted molar refractivity (Wildman–Crippen MR) is 64.6 cm³/mol. The maximum Gasteiger partial charge on any atom is 0.142 e. The molecule has 0 radical (unpaired) electrons. The van der Waals surface area contributed by atoms with Crippen LogP contribution in [0, 0.1) is 9.39 Å². The second-order valence-electron chi connectivity index (χ2n) is 2.96. The second kappa shape index (κ2) is 4.09. The van der Waals surface area contributed by atoms with Crippen molar-refractivity contribution in [1.29, 1.82) is 0 Å². The molecule has 0 aliphatic heterocycles. The molecule has 0 unspecified atom stereocenters. The minimum atomic E-state index is -0.382. The highest BCUT2D eigenvalue weighted by atomic mass is 127. The van der Waals surface area contributed by atoms with Gasteiger partial charge in [-0.05, 0) is 40.8 Å². The fraction of sp³-hybridized carbons (Fsp3) is 0.